The van der Waals surface area contributed by atoms with Gasteiger partial charge < -0.3 is 10.4 Å². The summed E-state index contributed by atoms with van der Waals surface area (Å²) >= 11 is 1.32. The van der Waals surface area contributed by atoms with Crippen molar-refractivity contribution >= 4 is 28.0 Å². The Morgan fingerprint density at radius 1 is 1.47 bits per heavy atom. The molecule has 0 bridgehead atoms. The molecular formula is C11H11N3O2S. The number of nitrogens with one attached hydrogen (secondary N) is 1. The van der Waals surface area contributed by atoms with E-state index in [0.717, 1.165) is 11.3 Å². The van der Waals surface area contributed by atoms with Gasteiger partial charge in [0.15, 0.2) is 5.69 Å². The number of nitrogens with zero attached hydrogens (tertiary/aromatic N) is 2. The van der Waals surface area contributed by atoms with Gasteiger partial charge in [0.25, 0.3) is 0 Å². The van der Waals surface area contributed by atoms with Gasteiger partial charge in [-0.3, -0.25) is 4.98 Å². The van der Waals surface area contributed by atoms with Gasteiger partial charge in [0.1, 0.15) is 5.00 Å². The summed E-state index contributed by atoms with van der Waals surface area (Å²) in [4.78, 5) is 19.0. The average molecular weight is 249 g/mol. The maximum Gasteiger partial charge on any atom is 0.357 e. The van der Waals surface area contributed by atoms with Crippen LogP contribution in [0.1, 0.15) is 21.1 Å². The molecule has 5 nitrogen and oxygen atoms in total. The van der Waals surface area contributed by atoms with E-state index < -0.39 is 5.97 Å². The molecule has 6 heteroatoms. The Morgan fingerprint density at radius 2 is 2.24 bits per heavy atom. The minimum atomic E-state index is -1.03. The van der Waals surface area contributed by atoms with E-state index in [1.807, 2.05) is 13.0 Å². The predicted octanol–water partition coefficient (Wildman–Crippen LogP) is 2.60. The lowest BCUT2D eigenvalue weighted by Gasteiger charge is -2.06. The molecule has 17 heavy (non-hydrogen) atoms. The van der Waals surface area contributed by atoms with Gasteiger partial charge >= 0.3 is 5.97 Å². The molecule has 0 saturated heterocycles. The molecular weight excluding hydrogens is 238 g/mol. The van der Waals surface area contributed by atoms with Crippen LogP contribution in [-0.2, 0) is 0 Å². The van der Waals surface area contributed by atoms with Gasteiger partial charge in [-0.2, -0.15) is 0 Å². The fraction of sp³-hybridized carbons (Fsp3) is 0.182. The van der Waals surface area contributed by atoms with Gasteiger partial charge in [0.05, 0.1) is 16.9 Å². The Hall–Kier alpha value is -1.95. The van der Waals surface area contributed by atoms with E-state index in [2.05, 4.69) is 15.3 Å². The highest BCUT2D eigenvalue weighted by Gasteiger charge is 2.16. The number of anilines is 2. The molecule has 0 aliphatic heterocycles. The Balaban J connectivity index is 2.36. The molecule has 0 aliphatic carbocycles. The molecule has 88 valence electrons. The van der Waals surface area contributed by atoms with E-state index >= 15 is 0 Å². The fourth-order valence-corrected chi connectivity index (χ4v) is 2.20. The first kappa shape index (κ1) is 11.5. The van der Waals surface area contributed by atoms with Crippen molar-refractivity contribution in [2.75, 3.05) is 5.32 Å². The number of carbonyl (C=O) groups is 1. The molecule has 2 rings (SSSR count). The van der Waals surface area contributed by atoms with Crippen LogP contribution in [0.3, 0.4) is 0 Å². The van der Waals surface area contributed by atoms with E-state index in [4.69, 9.17) is 5.11 Å². The van der Waals surface area contributed by atoms with Crippen LogP contribution in [-0.4, -0.2) is 21.0 Å². The van der Waals surface area contributed by atoms with Gasteiger partial charge in [0.2, 0.25) is 0 Å². The SMILES string of the molecule is Cc1nc(C(=O)O)c(Nc2cnccc2C)s1. The van der Waals surface area contributed by atoms with Crippen molar-refractivity contribution in [3.63, 3.8) is 0 Å². The van der Waals surface area contributed by atoms with Crippen molar-refractivity contribution in [1.82, 2.24) is 9.97 Å². The number of hydrogen-bond acceptors (Lipinski definition) is 5. The Labute approximate surface area is 102 Å². The molecule has 0 spiro atoms. The summed E-state index contributed by atoms with van der Waals surface area (Å²) in [6, 6.07) is 1.86. The monoisotopic (exact) mass is 249 g/mol. The summed E-state index contributed by atoms with van der Waals surface area (Å²) in [6.07, 6.45) is 3.35. The van der Waals surface area contributed by atoms with E-state index in [0.29, 0.717) is 10.0 Å². The van der Waals surface area contributed by atoms with Crippen LogP contribution in [0.15, 0.2) is 18.5 Å². The fourth-order valence-electron chi connectivity index (χ4n) is 1.37. The normalized spacial score (nSPS) is 10.2. The smallest absolute Gasteiger partial charge is 0.357 e. The summed E-state index contributed by atoms with van der Waals surface area (Å²) in [5.41, 5.74) is 1.84. The minimum Gasteiger partial charge on any atom is -0.476 e. The molecule has 0 saturated carbocycles. The summed E-state index contributed by atoms with van der Waals surface area (Å²) in [6.45, 7) is 3.71. The highest BCUT2D eigenvalue weighted by atomic mass is 32.1. The van der Waals surface area contributed by atoms with Crippen LogP contribution in [0.4, 0.5) is 10.7 Å². The molecule has 0 aliphatic rings. The third-order valence-corrected chi connectivity index (χ3v) is 3.11. The van der Waals surface area contributed by atoms with Gasteiger partial charge in [-0.15, -0.1) is 11.3 Å². The summed E-state index contributed by atoms with van der Waals surface area (Å²) in [7, 11) is 0. The maximum absolute atomic E-state index is 11.0. The number of hydrogen-bond donors (Lipinski definition) is 2. The van der Waals surface area contributed by atoms with Crippen molar-refractivity contribution in [3.8, 4) is 0 Å². The number of aryl methyl sites for hydroxylation is 2. The second kappa shape index (κ2) is 4.50. The molecule has 0 aromatic carbocycles. The van der Waals surface area contributed by atoms with Gasteiger partial charge in [0, 0.05) is 6.20 Å². The quantitative estimate of drug-likeness (QED) is 0.874. The summed E-state index contributed by atoms with van der Waals surface area (Å²) in [5.74, 6) is -1.03. The number of aromatic nitrogens is 2. The molecule has 0 fully saturated rings. The standard InChI is InChI=1S/C11H11N3O2S/c1-6-3-4-12-5-8(6)14-10-9(11(15)16)13-7(2)17-10/h3-5,14H,1-2H3,(H,15,16). The van der Waals surface area contributed by atoms with E-state index in [-0.39, 0.29) is 5.69 Å². The zero-order valence-electron chi connectivity index (χ0n) is 9.39. The van der Waals surface area contributed by atoms with Crippen LogP contribution in [0.5, 0.6) is 0 Å². The van der Waals surface area contributed by atoms with Crippen molar-refractivity contribution in [1.29, 1.82) is 0 Å². The lowest BCUT2D eigenvalue weighted by atomic mass is 10.2. The van der Waals surface area contributed by atoms with Crippen LogP contribution < -0.4 is 5.32 Å². The summed E-state index contributed by atoms with van der Waals surface area (Å²) in [5, 5.41) is 13.3. The second-order valence-electron chi connectivity index (χ2n) is 3.53. The van der Waals surface area contributed by atoms with Crippen molar-refractivity contribution in [2.45, 2.75) is 13.8 Å². The molecule has 0 amide bonds. The highest BCUT2D eigenvalue weighted by Crippen LogP contribution is 2.28. The molecule has 0 atom stereocenters. The van der Waals surface area contributed by atoms with Crippen molar-refractivity contribution < 1.29 is 9.90 Å². The molecule has 2 aromatic rings. The molecule has 0 radical (unpaired) electrons. The number of aromatic carboxylic acids is 1. The molecule has 2 N–H and O–H groups in total. The zero-order chi connectivity index (χ0) is 12.4. The predicted molar refractivity (Wildman–Crippen MR) is 66.1 cm³/mol. The van der Waals surface area contributed by atoms with Crippen LogP contribution in [0, 0.1) is 13.8 Å². The van der Waals surface area contributed by atoms with E-state index in [1.165, 1.54) is 11.3 Å². The Bertz CT molecular complexity index is 566. The lowest BCUT2D eigenvalue weighted by molar-refractivity contribution is 0.0692. The lowest BCUT2D eigenvalue weighted by Crippen LogP contribution is -2.02. The largest absolute Gasteiger partial charge is 0.476 e. The molecule has 2 aromatic heterocycles. The first-order valence-corrected chi connectivity index (χ1v) is 5.78. The van der Waals surface area contributed by atoms with E-state index in [9.17, 15) is 4.79 Å². The molecule has 2 heterocycles. The first-order chi connectivity index (χ1) is 8.08. The maximum atomic E-state index is 11.0. The Morgan fingerprint density at radius 3 is 2.88 bits per heavy atom. The number of rotatable bonds is 3. The van der Waals surface area contributed by atoms with Gasteiger partial charge in [-0.05, 0) is 25.5 Å². The van der Waals surface area contributed by atoms with Crippen molar-refractivity contribution in [2.24, 2.45) is 0 Å². The molecule has 0 unspecified atom stereocenters. The summed E-state index contributed by atoms with van der Waals surface area (Å²) < 4.78 is 0. The first-order valence-electron chi connectivity index (χ1n) is 4.96. The zero-order valence-corrected chi connectivity index (χ0v) is 10.2. The van der Waals surface area contributed by atoms with Crippen molar-refractivity contribution in [3.05, 3.63) is 34.7 Å². The third-order valence-electron chi connectivity index (χ3n) is 2.22. The van der Waals surface area contributed by atoms with Crippen LogP contribution >= 0.6 is 11.3 Å². The average Bonchev–Trinajstić information content (AvgIpc) is 2.63. The topological polar surface area (TPSA) is 75.1 Å². The highest BCUT2D eigenvalue weighted by molar-refractivity contribution is 7.16. The number of carboxylic acids is 1. The third kappa shape index (κ3) is 2.42. The van der Waals surface area contributed by atoms with Gasteiger partial charge in [-0.1, -0.05) is 0 Å². The number of thiazole rings is 1. The van der Waals surface area contributed by atoms with Crippen LogP contribution in [0.2, 0.25) is 0 Å². The number of carboxylic acid groups (broad SMARTS) is 1. The minimum absolute atomic E-state index is 0.0516. The van der Waals surface area contributed by atoms with Crippen LogP contribution in [0.25, 0.3) is 0 Å². The van der Waals surface area contributed by atoms with E-state index in [1.54, 1.807) is 19.3 Å². The Kier molecular flexibility index (Phi) is 3.06. The van der Waals surface area contributed by atoms with Gasteiger partial charge in [-0.25, -0.2) is 9.78 Å². The second-order valence-corrected chi connectivity index (χ2v) is 4.73. The number of pyridine rings is 1.